The maximum absolute atomic E-state index is 12.2. The standard InChI is InChI=1S/C20H26N2O3/c1-4-24-10-11-25-18-7-5-6-17(13-18)22-20(23)14-21-19-12-15(2)8-9-16(19)3/h5-9,12-13,21H,4,10-11,14H2,1-3H3,(H,22,23). The predicted octanol–water partition coefficient (Wildman–Crippen LogP) is 3.77. The molecule has 1 amide bonds. The molecule has 0 aromatic heterocycles. The van der Waals surface area contributed by atoms with Gasteiger partial charge in [-0.1, -0.05) is 18.2 Å². The van der Waals surface area contributed by atoms with Gasteiger partial charge in [0.25, 0.3) is 0 Å². The van der Waals surface area contributed by atoms with Gasteiger partial charge >= 0.3 is 0 Å². The highest BCUT2D eigenvalue weighted by Gasteiger charge is 2.05. The molecule has 2 N–H and O–H groups in total. The SMILES string of the molecule is CCOCCOc1cccc(NC(=O)CNc2cc(C)ccc2C)c1. The van der Waals surface area contributed by atoms with Crippen molar-refractivity contribution in [3.63, 3.8) is 0 Å². The molecule has 0 saturated heterocycles. The lowest BCUT2D eigenvalue weighted by Crippen LogP contribution is -2.22. The predicted molar refractivity (Wildman–Crippen MR) is 101 cm³/mol. The lowest BCUT2D eigenvalue weighted by molar-refractivity contribution is -0.114. The maximum atomic E-state index is 12.2. The second-order valence-electron chi connectivity index (χ2n) is 5.79. The highest BCUT2D eigenvalue weighted by molar-refractivity contribution is 5.94. The van der Waals surface area contributed by atoms with E-state index in [1.54, 1.807) is 0 Å². The second-order valence-corrected chi connectivity index (χ2v) is 5.79. The van der Waals surface area contributed by atoms with Crippen LogP contribution >= 0.6 is 0 Å². The molecule has 5 heteroatoms. The van der Waals surface area contributed by atoms with Gasteiger partial charge in [0, 0.05) is 24.0 Å². The first-order valence-electron chi connectivity index (χ1n) is 8.50. The van der Waals surface area contributed by atoms with Crippen LogP contribution in [0.15, 0.2) is 42.5 Å². The zero-order chi connectivity index (χ0) is 18.1. The maximum Gasteiger partial charge on any atom is 0.243 e. The monoisotopic (exact) mass is 342 g/mol. The van der Waals surface area contributed by atoms with Crippen LogP contribution < -0.4 is 15.4 Å². The Kier molecular flexibility index (Phi) is 7.29. The van der Waals surface area contributed by atoms with Crippen LogP contribution in [0.1, 0.15) is 18.1 Å². The summed E-state index contributed by atoms with van der Waals surface area (Å²) in [6.07, 6.45) is 0. The van der Waals surface area contributed by atoms with Gasteiger partial charge in [-0.25, -0.2) is 0 Å². The number of aryl methyl sites for hydroxylation is 2. The van der Waals surface area contributed by atoms with Crippen LogP contribution in [-0.4, -0.2) is 32.3 Å². The Labute approximate surface area is 149 Å². The van der Waals surface area contributed by atoms with Crippen molar-refractivity contribution < 1.29 is 14.3 Å². The lowest BCUT2D eigenvalue weighted by Gasteiger charge is -2.12. The number of carbonyl (C=O) groups is 1. The van der Waals surface area contributed by atoms with E-state index in [4.69, 9.17) is 9.47 Å². The van der Waals surface area contributed by atoms with Crippen molar-refractivity contribution in [3.05, 3.63) is 53.6 Å². The summed E-state index contributed by atoms with van der Waals surface area (Å²) in [4.78, 5) is 12.2. The molecule has 134 valence electrons. The summed E-state index contributed by atoms with van der Waals surface area (Å²) in [5.41, 5.74) is 3.96. The number of nitrogens with one attached hydrogen (secondary N) is 2. The lowest BCUT2D eigenvalue weighted by atomic mass is 10.1. The highest BCUT2D eigenvalue weighted by atomic mass is 16.5. The molecular weight excluding hydrogens is 316 g/mol. The third kappa shape index (κ3) is 6.47. The van der Waals surface area contributed by atoms with Crippen molar-refractivity contribution in [3.8, 4) is 5.75 Å². The van der Waals surface area contributed by atoms with Crippen LogP contribution in [0.4, 0.5) is 11.4 Å². The van der Waals surface area contributed by atoms with Gasteiger partial charge in [0.15, 0.2) is 0 Å². The highest BCUT2D eigenvalue weighted by Crippen LogP contribution is 2.18. The third-order valence-electron chi connectivity index (χ3n) is 3.65. The van der Waals surface area contributed by atoms with Crippen LogP contribution in [0.2, 0.25) is 0 Å². The molecule has 2 aromatic rings. The number of rotatable bonds is 9. The van der Waals surface area contributed by atoms with Gasteiger partial charge in [-0.15, -0.1) is 0 Å². The quantitative estimate of drug-likeness (QED) is 0.681. The van der Waals surface area contributed by atoms with Crippen molar-refractivity contribution in [1.29, 1.82) is 0 Å². The first-order valence-corrected chi connectivity index (χ1v) is 8.50. The normalized spacial score (nSPS) is 10.4. The minimum atomic E-state index is -0.104. The molecule has 0 aliphatic heterocycles. The third-order valence-corrected chi connectivity index (χ3v) is 3.65. The van der Waals surface area contributed by atoms with Gasteiger partial charge < -0.3 is 20.1 Å². The minimum absolute atomic E-state index is 0.104. The van der Waals surface area contributed by atoms with Gasteiger partial charge in [0.2, 0.25) is 5.91 Å². The van der Waals surface area contributed by atoms with Crippen molar-refractivity contribution in [1.82, 2.24) is 0 Å². The number of benzene rings is 2. The van der Waals surface area contributed by atoms with Crippen LogP contribution in [0.25, 0.3) is 0 Å². The van der Waals surface area contributed by atoms with E-state index in [0.29, 0.717) is 31.3 Å². The van der Waals surface area contributed by atoms with E-state index >= 15 is 0 Å². The van der Waals surface area contributed by atoms with Crippen LogP contribution in [0.3, 0.4) is 0 Å². The molecule has 0 aliphatic rings. The zero-order valence-electron chi connectivity index (χ0n) is 15.1. The van der Waals surface area contributed by atoms with Gasteiger partial charge in [-0.3, -0.25) is 4.79 Å². The van der Waals surface area contributed by atoms with Crippen molar-refractivity contribution >= 4 is 17.3 Å². The average molecular weight is 342 g/mol. The van der Waals surface area contributed by atoms with Gasteiger partial charge in [0.05, 0.1) is 13.2 Å². The van der Waals surface area contributed by atoms with Crippen molar-refractivity contribution in [2.24, 2.45) is 0 Å². The zero-order valence-corrected chi connectivity index (χ0v) is 15.1. The Hall–Kier alpha value is -2.53. The minimum Gasteiger partial charge on any atom is -0.491 e. The fraction of sp³-hybridized carbons (Fsp3) is 0.350. The second kappa shape index (κ2) is 9.69. The molecule has 25 heavy (non-hydrogen) atoms. The van der Waals surface area contributed by atoms with Crippen LogP contribution in [0, 0.1) is 13.8 Å². The largest absolute Gasteiger partial charge is 0.491 e. The first-order chi connectivity index (χ1) is 12.1. The number of ether oxygens (including phenoxy) is 2. The summed E-state index contributed by atoms with van der Waals surface area (Å²) in [6, 6.07) is 13.5. The van der Waals surface area contributed by atoms with E-state index in [2.05, 4.69) is 16.7 Å². The molecule has 0 bridgehead atoms. The first kappa shape index (κ1) is 18.8. The summed E-state index contributed by atoms with van der Waals surface area (Å²) in [6.45, 7) is 7.91. The molecular formula is C20H26N2O3. The van der Waals surface area contributed by atoms with Crippen molar-refractivity contribution in [2.45, 2.75) is 20.8 Å². The van der Waals surface area contributed by atoms with Crippen molar-refractivity contribution in [2.75, 3.05) is 37.0 Å². The Bertz CT molecular complexity index is 701. The Morgan fingerprint density at radius 3 is 2.72 bits per heavy atom. The molecule has 0 unspecified atom stereocenters. The summed E-state index contributed by atoms with van der Waals surface area (Å²) >= 11 is 0. The topological polar surface area (TPSA) is 59.6 Å². The molecule has 0 radical (unpaired) electrons. The number of carbonyl (C=O) groups excluding carboxylic acids is 1. The fourth-order valence-electron chi connectivity index (χ4n) is 2.33. The summed E-state index contributed by atoms with van der Waals surface area (Å²) < 4.78 is 10.8. The summed E-state index contributed by atoms with van der Waals surface area (Å²) in [5.74, 6) is 0.604. The molecule has 0 heterocycles. The molecule has 0 spiro atoms. The van der Waals surface area contributed by atoms with Gasteiger partial charge in [-0.2, -0.15) is 0 Å². The molecule has 0 aliphatic carbocycles. The van der Waals surface area contributed by atoms with Crippen LogP contribution in [-0.2, 0) is 9.53 Å². The van der Waals surface area contributed by atoms with E-state index in [1.165, 1.54) is 0 Å². The molecule has 0 atom stereocenters. The Morgan fingerprint density at radius 2 is 1.92 bits per heavy atom. The van der Waals surface area contributed by atoms with E-state index in [0.717, 1.165) is 16.8 Å². The summed E-state index contributed by atoms with van der Waals surface area (Å²) in [7, 11) is 0. The van der Waals surface area contributed by atoms with E-state index in [9.17, 15) is 4.79 Å². The molecule has 2 rings (SSSR count). The number of amides is 1. The number of hydrogen-bond donors (Lipinski definition) is 2. The van der Waals surface area contributed by atoms with E-state index in [1.807, 2.05) is 57.2 Å². The fourth-order valence-corrected chi connectivity index (χ4v) is 2.33. The Balaban J connectivity index is 1.84. The summed E-state index contributed by atoms with van der Waals surface area (Å²) in [5, 5.41) is 6.05. The average Bonchev–Trinajstić information content (AvgIpc) is 2.60. The van der Waals surface area contributed by atoms with E-state index < -0.39 is 0 Å². The molecule has 5 nitrogen and oxygen atoms in total. The number of anilines is 2. The van der Waals surface area contributed by atoms with Gasteiger partial charge in [0.1, 0.15) is 12.4 Å². The molecule has 0 fully saturated rings. The van der Waals surface area contributed by atoms with Crippen LogP contribution in [0.5, 0.6) is 5.75 Å². The Morgan fingerprint density at radius 1 is 1.08 bits per heavy atom. The van der Waals surface area contributed by atoms with E-state index in [-0.39, 0.29) is 12.5 Å². The number of hydrogen-bond acceptors (Lipinski definition) is 4. The molecule has 2 aromatic carbocycles. The molecule has 0 saturated carbocycles. The van der Waals surface area contributed by atoms with Gasteiger partial charge in [-0.05, 0) is 50.1 Å². The smallest absolute Gasteiger partial charge is 0.243 e.